The Morgan fingerprint density at radius 3 is 2.55 bits per heavy atom. The summed E-state index contributed by atoms with van der Waals surface area (Å²) in [6.07, 6.45) is -1.32. The van der Waals surface area contributed by atoms with Gasteiger partial charge in [-0.05, 0) is 26.0 Å². The second-order valence-corrected chi connectivity index (χ2v) is 4.75. The molecular weight excluding hydrogens is 260 g/mol. The maximum Gasteiger partial charge on any atom is 0.125 e. The van der Waals surface area contributed by atoms with E-state index >= 15 is 0 Å². The molecule has 5 nitrogen and oxygen atoms in total. The van der Waals surface area contributed by atoms with Crippen molar-refractivity contribution < 1.29 is 24.4 Å². The molecule has 0 aromatic heterocycles. The summed E-state index contributed by atoms with van der Waals surface area (Å²) in [6, 6.07) is 5.58. The fraction of sp³-hybridized carbons (Fsp3) is 0.600. The van der Waals surface area contributed by atoms with Gasteiger partial charge >= 0.3 is 0 Å². The van der Waals surface area contributed by atoms with Gasteiger partial charge in [-0.2, -0.15) is 0 Å². The molecule has 20 heavy (non-hydrogen) atoms. The highest BCUT2D eigenvalue weighted by molar-refractivity contribution is 5.38. The maximum atomic E-state index is 9.74. The van der Waals surface area contributed by atoms with Crippen LogP contribution in [0.3, 0.4) is 0 Å². The van der Waals surface area contributed by atoms with Crippen LogP contribution in [-0.4, -0.2) is 49.9 Å². The Hall–Kier alpha value is -1.14. The van der Waals surface area contributed by atoms with Gasteiger partial charge in [0, 0.05) is 12.7 Å². The minimum atomic E-state index is -0.713. The first-order valence-electron chi connectivity index (χ1n) is 6.70. The van der Waals surface area contributed by atoms with E-state index in [9.17, 15) is 10.2 Å². The number of hydrogen-bond donors (Lipinski definition) is 2. The van der Waals surface area contributed by atoms with Crippen LogP contribution in [-0.2, 0) is 9.47 Å². The van der Waals surface area contributed by atoms with E-state index in [2.05, 4.69) is 0 Å². The van der Waals surface area contributed by atoms with E-state index < -0.39 is 12.2 Å². The predicted octanol–water partition coefficient (Wildman–Crippen LogP) is 1.45. The highest BCUT2D eigenvalue weighted by Crippen LogP contribution is 2.26. The molecule has 0 amide bonds. The van der Waals surface area contributed by atoms with Crippen molar-refractivity contribution in [3.05, 3.63) is 29.3 Å². The molecule has 2 unspecified atom stereocenters. The first-order chi connectivity index (χ1) is 9.54. The van der Waals surface area contributed by atoms with E-state index in [4.69, 9.17) is 14.2 Å². The van der Waals surface area contributed by atoms with Crippen LogP contribution >= 0.6 is 0 Å². The lowest BCUT2D eigenvalue weighted by Crippen LogP contribution is -2.24. The Labute approximate surface area is 120 Å². The number of benzene rings is 1. The predicted molar refractivity (Wildman–Crippen MR) is 76.0 cm³/mol. The summed E-state index contributed by atoms with van der Waals surface area (Å²) in [5.41, 5.74) is 1.77. The number of aliphatic hydroxyl groups excluding tert-OH is 2. The molecule has 0 radical (unpaired) electrons. The SMILES string of the molecule is COCCOCC(O)COc1ccc(C)cc1C(C)O. The van der Waals surface area contributed by atoms with Crippen LogP contribution in [0.1, 0.15) is 24.2 Å². The Bertz CT molecular complexity index is 392. The zero-order valence-electron chi connectivity index (χ0n) is 12.3. The summed E-state index contributed by atoms with van der Waals surface area (Å²) < 4.78 is 15.6. The van der Waals surface area contributed by atoms with Crippen LogP contribution in [0.2, 0.25) is 0 Å². The molecule has 114 valence electrons. The van der Waals surface area contributed by atoms with Crippen LogP contribution in [0.5, 0.6) is 5.75 Å². The number of aliphatic hydroxyl groups is 2. The van der Waals surface area contributed by atoms with Gasteiger partial charge in [-0.1, -0.05) is 11.6 Å². The first kappa shape index (κ1) is 16.9. The number of hydrogen-bond acceptors (Lipinski definition) is 5. The van der Waals surface area contributed by atoms with Crippen LogP contribution in [0.4, 0.5) is 0 Å². The fourth-order valence-electron chi connectivity index (χ4n) is 1.72. The average Bonchev–Trinajstić information content (AvgIpc) is 2.42. The van der Waals surface area contributed by atoms with Gasteiger partial charge in [0.2, 0.25) is 0 Å². The minimum Gasteiger partial charge on any atom is -0.490 e. The lowest BCUT2D eigenvalue weighted by molar-refractivity contribution is -0.00460. The molecule has 0 heterocycles. The summed E-state index contributed by atoms with van der Waals surface area (Å²) >= 11 is 0. The van der Waals surface area contributed by atoms with Gasteiger partial charge in [-0.25, -0.2) is 0 Å². The molecule has 0 bridgehead atoms. The largest absolute Gasteiger partial charge is 0.490 e. The summed E-state index contributed by atoms with van der Waals surface area (Å²) in [5.74, 6) is 0.585. The molecule has 5 heteroatoms. The fourth-order valence-corrected chi connectivity index (χ4v) is 1.72. The Morgan fingerprint density at radius 2 is 1.90 bits per heavy atom. The van der Waals surface area contributed by atoms with Crippen molar-refractivity contribution >= 4 is 0 Å². The maximum absolute atomic E-state index is 9.74. The lowest BCUT2D eigenvalue weighted by atomic mass is 10.1. The average molecular weight is 284 g/mol. The number of methoxy groups -OCH3 is 1. The van der Waals surface area contributed by atoms with Crippen molar-refractivity contribution in [1.29, 1.82) is 0 Å². The van der Waals surface area contributed by atoms with E-state index in [-0.39, 0.29) is 13.2 Å². The molecule has 2 atom stereocenters. The van der Waals surface area contributed by atoms with Gasteiger partial charge in [0.1, 0.15) is 18.5 Å². The topological polar surface area (TPSA) is 68.2 Å². The number of rotatable bonds is 9. The summed E-state index contributed by atoms with van der Waals surface area (Å²) in [7, 11) is 1.60. The van der Waals surface area contributed by atoms with Crippen molar-refractivity contribution in [2.75, 3.05) is 33.5 Å². The minimum absolute atomic E-state index is 0.121. The van der Waals surface area contributed by atoms with Crippen LogP contribution in [0.15, 0.2) is 18.2 Å². The molecule has 0 aliphatic heterocycles. The number of aryl methyl sites for hydroxylation is 1. The standard InChI is InChI=1S/C15H24O5/c1-11-4-5-15(14(8-11)12(2)16)20-10-13(17)9-19-7-6-18-3/h4-5,8,12-13,16-17H,6-7,9-10H2,1-3H3. The van der Waals surface area contributed by atoms with Gasteiger partial charge in [0.15, 0.2) is 0 Å². The second-order valence-electron chi connectivity index (χ2n) is 4.75. The van der Waals surface area contributed by atoms with Gasteiger partial charge < -0.3 is 24.4 Å². The van der Waals surface area contributed by atoms with Crippen LogP contribution < -0.4 is 4.74 Å². The Morgan fingerprint density at radius 1 is 1.15 bits per heavy atom. The summed E-state index contributed by atoms with van der Waals surface area (Å²) in [6.45, 7) is 4.89. The quantitative estimate of drug-likeness (QED) is 0.672. The molecule has 1 rings (SSSR count). The van der Waals surface area contributed by atoms with Crippen molar-refractivity contribution in [2.24, 2.45) is 0 Å². The summed E-state index contributed by atoms with van der Waals surface area (Å²) in [5, 5.41) is 19.5. The second kappa shape index (κ2) is 8.92. The third-order valence-corrected chi connectivity index (χ3v) is 2.79. The molecule has 0 spiro atoms. The van der Waals surface area contributed by atoms with Crippen LogP contribution in [0.25, 0.3) is 0 Å². The van der Waals surface area contributed by atoms with Crippen molar-refractivity contribution in [3.8, 4) is 5.75 Å². The third kappa shape index (κ3) is 5.88. The molecule has 0 aliphatic carbocycles. The Balaban J connectivity index is 2.44. The van der Waals surface area contributed by atoms with Crippen molar-refractivity contribution in [2.45, 2.75) is 26.1 Å². The van der Waals surface area contributed by atoms with Gasteiger partial charge in [0.05, 0.1) is 25.9 Å². The Kier molecular flexibility index (Phi) is 7.54. The van der Waals surface area contributed by atoms with E-state index in [1.165, 1.54) is 0 Å². The van der Waals surface area contributed by atoms with Crippen LogP contribution in [0, 0.1) is 6.92 Å². The highest BCUT2D eigenvalue weighted by atomic mass is 16.5. The molecular formula is C15H24O5. The molecule has 0 aliphatic rings. The summed E-state index contributed by atoms with van der Waals surface area (Å²) in [4.78, 5) is 0. The lowest BCUT2D eigenvalue weighted by Gasteiger charge is -2.17. The van der Waals surface area contributed by atoms with Gasteiger partial charge in [-0.15, -0.1) is 0 Å². The molecule has 0 saturated heterocycles. The van der Waals surface area contributed by atoms with Gasteiger partial charge in [0.25, 0.3) is 0 Å². The van der Waals surface area contributed by atoms with E-state index in [0.717, 1.165) is 11.1 Å². The molecule has 0 fully saturated rings. The normalized spacial score (nSPS) is 14.1. The zero-order chi connectivity index (χ0) is 15.0. The number of ether oxygens (including phenoxy) is 3. The highest BCUT2D eigenvalue weighted by Gasteiger charge is 2.12. The van der Waals surface area contributed by atoms with E-state index in [1.807, 2.05) is 19.1 Å². The smallest absolute Gasteiger partial charge is 0.125 e. The molecule has 1 aromatic rings. The first-order valence-corrected chi connectivity index (χ1v) is 6.70. The van der Waals surface area contributed by atoms with Crippen molar-refractivity contribution in [1.82, 2.24) is 0 Å². The monoisotopic (exact) mass is 284 g/mol. The zero-order valence-corrected chi connectivity index (χ0v) is 12.3. The molecule has 1 aromatic carbocycles. The van der Waals surface area contributed by atoms with Crippen molar-refractivity contribution in [3.63, 3.8) is 0 Å². The van der Waals surface area contributed by atoms with E-state index in [0.29, 0.717) is 19.0 Å². The van der Waals surface area contributed by atoms with E-state index in [1.54, 1.807) is 20.1 Å². The third-order valence-electron chi connectivity index (χ3n) is 2.79. The van der Waals surface area contributed by atoms with Gasteiger partial charge in [-0.3, -0.25) is 0 Å². The molecule has 0 saturated carbocycles. The molecule has 2 N–H and O–H groups in total.